The van der Waals surface area contributed by atoms with Crippen molar-refractivity contribution in [3.63, 3.8) is 0 Å². The number of hydrogen-bond acceptors (Lipinski definition) is 2. The zero-order valence-corrected chi connectivity index (χ0v) is 10.3. The fourth-order valence-corrected chi connectivity index (χ4v) is 3.43. The van der Waals surface area contributed by atoms with Gasteiger partial charge in [-0.05, 0) is 56.6 Å². The average molecular weight is 234 g/mol. The van der Waals surface area contributed by atoms with E-state index in [1.54, 1.807) is 0 Å². The molecular weight excluding hydrogens is 212 g/mol. The zero-order chi connectivity index (χ0) is 11.8. The summed E-state index contributed by atoms with van der Waals surface area (Å²) in [6.07, 6.45) is 9.78. The number of aromatic nitrogens is 1. The van der Waals surface area contributed by atoms with Crippen molar-refractivity contribution in [3.05, 3.63) is 23.5 Å². The Labute approximate surface area is 103 Å². The first-order chi connectivity index (χ1) is 8.25. The number of nitrogens with two attached hydrogens (primary N) is 1. The normalized spacial score (nSPS) is 33.4. The molecule has 0 radical (unpaired) electrons. The summed E-state index contributed by atoms with van der Waals surface area (Å²) >= 11 is 0. The molecule has 3 heteroatoms. The van der Waals surface area contributed by atoms with Crippen molar-refractivity contribution in [2.45, 2.75) is 63.1 Å². The molecule has 2 aliphatic rings. The third-order valence-corrected chi connectivity index (χ3v) is 4.45. The Hall–Kier alpha value is -0.800. The molecule has 0 aliphatic heterocycles. The molecule has 3 nitrogen and oxygen atoms in total. The van der Waals surface area contributed by atoms with Crippen molar-refractivity contribution < 1.29 is 5.11 Å². The van der Waals surface area contributed by atoms with Crippen LogP contribution in [0.2, 0.25) is 0 Å². The lowest BCUT2D eigenvalue weighted by Crippen LogP contribution is -2.24. The Balaban J connectivity index is 1.84. The van der Waals surface area contributed by atoms with Crippen molar-refractivity contribution in [2.24, 2.45) is 5.73 Å². The van der Waals surface area contributed by atoms with Gasteiger partial charge < -0.3 is 15.4 Å². The molecule has 17 heavy (non-hydrogen) atoms. The van der Waals surface area contributed by atoms with Gasteiger partial charge in [-0.25, -0.2) is 0 Å². The fraction of sp³-hybridized carbons (Fsp3) is 0.714. The van der Waals surface area contributed by atoms with Crippen LogP contribution in [0.4, 0.5) is 0 Å². The van der Waals surface area contributed by atoms with Crippen molar-refractivity contribution in [1.29, 1.82) is 0 Å². The maximum atomic E-state index is 9.58. The lowest BCUT2D eigenvalue weighted by atomic mass is 9.90. The second kappa shape index (κ2) is 4.46. The van der Waals surface area contributed by atoms with Crippen molar-refractivity contribution in [1.82, 2.24) is 4.57 Å². The highest BCUT2D eigenvalue weighted by atomic mass is 16.3. The van der Waals surface area contributed by atoms with E-state index < -0.39 is 0 Å². The minimum atomic E-state index is -0.0695. The van der Waals surface area contributed by atoms with Crippen molar-refractivity contribution >= 4 is 0 Å². The van der Waals surface area contributed by atoms with E-state index in [1.807, 2.05) is 0 Å². The molecule has 1 heterocycles. The van der Waals surface area contributed by atoms with E-state index in [1.165, 1.54) is 24.1 Å². The van der Waals surface area contributed by atoms with Crippen LogP contribution in [0.3, 0.4) is 0 Å². The monoisotopic (exact) mass is 234 g/mol. The van der Waals surface area contributed by atoms with E-state index in [-0.39, 0.29) is 12.1 Å². The molecule has 0 bridgehead atoms. The molecule has 1 aromatic rings. The molecule has 1 atom stereocenters. The number of hydrogen-bond donors (Lipinski definition) is 2. The summed E-state index contributed by atoms with van der Waals surface area (Å²) in [7, 11) is 0. The first-order valence-corrected chi connectivity index (χ1v) is 6.89. The molecule has 94 valence electrons. The van der Waals surface area contributed by atoms with Crippen LogP contribution in [0.15, 0.2) is 12.3 Å². The van der Waals surface area contributed by atoms with Crippen LogP contribution in [0.25, 0.3) is 0 Å². The first-order valence-electron chi connectivity index (χ1n) is 6.89. The Morgan fingerprint density at radius 3 is 2.71 bits per heavy atom. The van der Waals surface area contributed by atoms with Gasteiger partial charge in [0.1, 0.15) is 0 Å². The molecule has 1 aromatic heterocycles. The predicted molar refractivity (Wildman–Crippen MR) is 67.8 cm³/mol. The van der Waals surface area contributed by atoms with E-state index in [0.717, 1.165) is 32.1 Å². The quantitative estimate of drug-likeness (QED) is 0.783. The van der Waals surface area contributed by atoms with Crippen molar-refractivity contribution in [3.8, 4) is 0 Å². The van der Waals surface area contributed by atoms with Gasteiger partial charge in [-0.3, -0.25) is 0 Å². The van der Waals surface area contributed by atoms with E-state index in [4.69, 9.17) is 5.73 Å². The second-order valence-electron chi connectivity index (χ2n) is 5.59. The topological polar surface area (TPSA) is 51.2 Å². The van der Waals surface area contributed by atoms with Crippen LogP contribution in [-0.2, 0) is 6.42 Å². The number of aliphatic hydroxyl groups is 1. The smallest absolute Gasteiger partial charge is 0.0541 e. The minimum absolute atomic E-state index is 0.0695. The molecular formula is C14H22N2O. The van der Waals surface area contributed by atoms with Gasteiger partial charge in [-0.2, -0.15) is 0 Å². The summed E-state index contributed by atoms with van der Waals surface area (Å²) in [6.45, 7) is 0. The highest BCUT2D eigenvalue weighted by Crippen LogP contribution is 2.35. The third kappa shape index (κ3) is 2.02. The molecule has 3 N–H and O–H groups in total. The van der Waals surface area contributed by atoms with E-state index in [0.29, 0.717) is 6.04 Å². The molecule has 1 saturated carbocycles. The van der Waals surface area contributed by atoms with Gasteiger partial charge in [-0.1, -0.05) is 0 Å². The number of aliphatic hydroxyl groups excluding tert-OH is 1. The van der Waals surface area contributed by atoms with E-state index in [2.05, 4.69) is 16.8 Å². The molecule has 0 saturated heterocycles. The molecule has 1 fully saturated rings. The number of nitrogens with zero attached hydrogens (tertiary/aromatic N) is 1. The van der Waals surface area contributed by atoms with Gasteiger partial charge in [0.15, 0.2) is 0 Å². The molecule has 0 amide bonds. The van der Waals surface area contributed by atoms with Gasteiger partial charge in [0.25, 0.3) is 0 Å². The molecule has 3 rings (SSSR count). The molecule has 0 aromatic carbocycles. The van der Waals surface area contributed by atoms with Crippen LogP contribution >= 0.6 is 0 Å². The fourth-order valence-electron chi connectivity index (χ4n) is 3.43. The Bertz CT molecular complexity index is 391. The third-order valence-electron chi connectivity index (χ3n) is 4.45. The van der Waals surface area contributed by atoms with Gasteiger partial charge in [0.2, 0.25) is 0 Å². The standard InChI is InChI=1S/C14H22N2O/c15-13-2-1-3-14-12(13)8-9-16(14)10-4-6-11(17)7-5-10/h8-11,13,17H,1-7,15H2. The van der Waals surface area contributed by atoms with Crippen LogP contribution in [0, 0.1) is 0 Å². The Morgan fingerprint density at radius 2 is 1.94 bits per heavy atom. The second-order valence-corrected chi connectivity index (χ2v) is 5.59. The maximum Gasteiger partial charge on any atom is 0.0541 e. The molecule has 2 aliphatic carbocycles. The van der Waals surface area contributed by atoms with Gasteiger partial charge in [-0.15, -0.1) is 0 Å². The predicted octanol–water partition coefficient (Wildman–Crippen LogP) is 2.30. The number of rotatable bonds is 1. The van der Waals surface area contributed by atoms with Gasteiger partial charge in [0, 0.05) is 24.0 Å². The highest BCUT2D eigenvalue weighted by molar-refractivity contribution is 5.29. The van der Waals surface area contributed by atoms with Crippen LogP contribution < -0.4 is 5.73 Å². The SMILES string of the molecule is NC1CCCc2c1ccn2C1CCC(O)CC1. The summed E-state index contributed by atoms with van der Waals surface area (Å²) in [6, 6.07) is 3.05. The summed E-state index contributed by atoms with van der Waals surface area (Å²) in [5, 5.41) is 9.58. The van der Waals surface area contributed by atoms with Gasteiger partial charge >= 0.3 is 0 Å². The summed E-state index contributed by atoms with van der Waals surface area (Å²) in [5.74, 6) is 0. The van der Waals surface area contributed by atoms with Crippen LogP contribution in [0.1, 0.15) is 61.9 Å². The lowest BCUT2D eigenvalue weighted by molar-refractivity contribution is 0.110. The maximum absolute atomic E-state index is 9.58. The van der Waals surface area contributed by atoms with Crippen LogP contribution in [-0.4, -0.2) is 15.8 Å². The highest BCUT2D eigenvalue weighted by Gasteiger charge is 2.26. The largest absolute Gasteiger partial charge is 0.393 e. The lowest BCUT2D eigenvalue weighted by Gasteiger charge is -2.30. The molecule has 1 unspecified atom stereocenters. The van der Waals surface area contributed by atoms with Gasteiger partial charge in [0.05, 0.1) is 6.10 Å². The molecule has 0 spiro atoms. The summed E-state index contributed by atoms with van der Waals surface area (Å²) < 4.78 is 2.44. The summed E-state index contributed by atoms with van der Waals surface area (Å²) in [4.78, 5) is 0. The minimum Gasteiger partial charge on any atom is -0.393 e. The Kier molecular flexibility index (Phi) is 2.97. The van der Waals surface area contributed by atoms with Crippen LogP contribution in [0.5, 0.6) is 0 Å². The van der Waals surface area contributed by atoms with E-state index >= 15 is 0 Å². The summed E-state index contributed by atoms with van der Waals surface area (Å²) in [5.41, 5.74) is 8.98. The first kappa shape index (κ1) is 11.3. The van der Waals surface area contributed by atoms with Crippen molar-refractivity contribution in [2.75, 3.05) is 0 Å². The van der Waals surface area contributed by atoms with E-state index in [9.17, 15) is 5.11 Å². The average Bonchev–Trinajstić information content (AvgIpc) is 2.75. The Morgan fingerprint density at radius 1 is 1.18 bits per heavy atom. The zero-order valence-electron chi connectivity index (χ0n) is 10.3. The number of fused-ring (bicyclic) bond motifs is 1.